The molecular weight excluding hydrogens is 244 g/mol. The highest BCUT2D eigenvalue weighted by Crippen LogP contribution is 2.18. The average Bonchev–Trinajstić information content (AvgIpc) is 2.77. The van der Waals surface area contributed by atoms with Gasteiger partial charge in [-0.2, -0.15) is 0 Å². The van der Waals surface area contributed by atoms with Crippen molar-refractivity contribution in [2.45, 2.75) is 12.8 Å². The molecule has 2 aromatic rings. The maximum atomic E-state index is 11.8. The first-order valence-corrected chi connectivity index (χ1v) is 5.96. The van der Waals surface area contributed by atoms with Crippen molar-refractivity contribution in [3.63, 3.8) is 0 Å². The largest absolute Gasteiger partial charge is 0.469 e. The standard InChI is InChI=1S/C14H16N2O3/c1-10(13(17)19-3)11-4-6-12(7-5-11)16-9-8-15(2)14(16)18/h4-10H,1-3H3. The Morgan fingerprint density at radius 2 is 1.84 bits per heavy atom. The lowest BCUT2D eigenvalue weighted by atomic mass is 10.0. The molecule has 5 heteroatoms. The summed E-state index contributed by atoms with van der Waals surface area (Å²) in [5.74, 6) is -0.587. The van der Waals surface area contributed by atoms with E-state index in [1.165, 1.54) is 11.7 Å². The van der Waals surface area contributed by atoms with Gasteiger partial charge in [0, 0.05) is 19.4 Å². The van der Waals surface area contributed by atoms with Gasteiger partial charge in [-0.05, 0) is 24.6 Å². The van der Waals surface area contributed by atoms with Crippen molar-refractivity contribution in [3.8, 4) is 5.69 Å². The van der Waals surface area contributed by atoms with Crippen LogP contribution in [0.25, 0.3) is 5.69 Å². The minimum Gasteiger partial charge on any atom is -0.469 e. The normalized spacial score (nSPS) is 12.2. The van der Waals surface area contributed by atoms with Crippen molar-refractivity contribution in [1.82, 2.24) is 9.13 Å². The lowest BCUT2D eigenvalue weighted by Crippen LogP contribution is -2.20. The fraction of sp³-hybridized carbons (Fsp3) is 0.286. The van der Waals surface area contributed by atoms with Gasteiger partial charge in [-0.25, -0.2) is 4.79 Å². The number of hydrogen-bond donors (Lipinski definition) is 0. The highest BCUT2D eigenvalue weighted by Gasteiger charge is 2.15. The third-order valence-electron chi connectivity index (χ3n) is 3.17. The Morgan fingerprint density at radius 3 is 2.32 bits per heavy atom. The number of imidazole rings is 1. The zero-order valence-corrected chi connectivity index (χ0v) is 11.2. The predicted molar refractivity (Wildman–Crippen MR) is 71.4 cm³/mol. The molecule has 1 aromatic heterocycles. The van der Waals surface area contributed by atoms with Crippen molar-refractivity contribution in [1.29, 1.82) is 0 Å². The number of nitrogens with zero attached hydrogens (tertiary/aromatic N) is 2. The molecule has 1 aromatic carbocycles. The van der Waals surface area contributed by atoms with E-state index in [-0.39, 0.29) is 17.6 Å². The molecule has 5 nitrogen and oxygen atoms in total. The van der Waals surface area contributed by atoms with Crippen LogP contribution in [0.5, 0.6) is 0 Å². The zero-order valence-electron chi connectivity index (χ0n) is 11.2. The highest BCUT2D eigenvalue weighted by molar-refractivity contribution is 5.77. The van der Waals surface area contributed by atoms with Crippen LogP contribution in [0.1, 0.15) is 18.4 Å². The molecule has 0 saturated carbocycles. The number of aryl methyl sites for hydroxylation is 1. The number of hydrogen-bond acceptors (Lipinski definition) is 3. The van der Waals surface area contributed by atoms with Crippen LogP contribution in [0.2, 0.25) is 0 Å². The fourth-order valence-corrected chi connectivity index (χ4v) is 1.90. The molecule has 19 heavy (non-hydrogen) atoms. The van der Waals surface area contributed by atoms with Crippen molar-refractivity contribution < 1.29 is 9.53 Å². The first-order valence-electron chi connectivity index (χ1n) is 5.96. The highest BCUT2D eigenvalue weighted by atomic mass is 16.5. The molecule has 0 aliphatic rings. The first kappa shape index (κ1) is 13.1. The number of benzene rings is 1. The van der Waals surface area contributed by atoms with E-state index < -0.39 is 0 Å². The number of esters is 1. The van der Waals surface area contributed by atoms with Gasteiger partial charge in [-0.1, -0.05) is 12.1 Å². The molecule has 2 rings (SSSR count). The Kier molecular flexibility index (Phi) is 3.55. The average molecular weight is 260 g/mol. The molecule has 0 bridgehead atoms. The quantitative estimate of drug-likeness (QED) is 0.785. The summed E-state index contributed by atoms with van der Waals surface area (Å²) in [7, 11) is 3.07. The topological polar surface area (TPSA) is 53.2 Å². The summed E-state index contributed by atoms with van der Waals surface area (Å²) in [5.41, 5.74) is 1.53. The van der Waals surface area contributed by atoms with E-state index in [9.17, 15) is 9.59 Å². The van der Waals surface area contributed by atoms with E-state index in [0.29, 0.717) is 0 Å². The fourth-order valence-electron chi connectivity index (χ4n) is 1.90. The smallest absolute Gasteiger partial charge is 0.332 e. The van der Waals surface area contributed by atoms with Crippen LogP contribution in [0.3, 0.4) is 0 Å². The molecule has 0 radical (unpaired) electrons. The Bertz CT molecular complexity index is 637. The summed E-state index contributed by atoms with van der Waals surface area (Å²) >= 11 is 0. The van der Waals surface area contributed by atoms with Gasteiger partial charge in [0.25, 0.3) is 0 Å². The van der Waals surface area contributed by atoms with E-state index in [1.807, 2.05) is 24.3 Å². The molecule has 0 fully saturated rings. The lowest BCUT2D eigenvalue weighted by molar-refractivity contribution is -0.141. The predicted octanol–water partition coefficient (Wildman–Crippen LogP) is 1.45. The van der Waals surface area contributed by atoms with Gasteiger partial charge in [0.05, 0.1) is 18.7 Å². The molecule has 0 saturated heterocycles. The van der Waals surface area contributed by atoms with E-state index in [4.69, 9.17) is 4.74 Å². The second kappa shape index (κ2) is 5.14. The van der Waals surface area contributed by atoms with Crippen LogP contribution in [-0.2, 0) is 16.6 Å². The summed E-state index contributed by atoms with van der Waals surface area (Å²) < 4.78 is 7.76. The maximum absolute atomic E-state index is 11.8. The zero-order chi connectivity index (χ0) is 14.0. The number of aromatic nitrogens is 2. The number of carbonyl (C=O) groups excluding carboxylic acids is 1. The number of ether oxygens (including phenoxy) is 1. The van der Waals surface area contributed by atoms with E-state index in [1.54, 1.807) is 30.9 Å². The molecule has 100 valence electrons. The summed E-state index contributed by atoms with van der Waals surface area (Å²) in [6, 6.07) is 7.29. The third-order valence-corrected chi connectivity index (χ3v) is 3.17. The Labute approximate surface area is 111 Å². The van der Waals surface area contributed by atoms with Gasteiger partial charge < -0.3 is 9.30 Å². The van der Waals surface area contributed by atoms with Gasteiger partial charge in [0.1, 0.15) is 0 Å². The first-order chi connectivity index (χ1) is 9.04. The van der Waals surface area contributed by atoms with Gasteiger partial charge in [0.15, 0.2) is 0 Å². The summed E-state index contributed by atoms with van der Waals surface area (Å²) in [5, 5.41) is 0. The summed E-state index contributed by atoms with van der Waals surface area (Å²) in [4.78, 5) is 23.2. The molecule has 0 amide bonds. The summed E-state index contributed by atoms with van der Waals surface area (Å²) in [6.45, 7) is 1.79. The van der Waals surface area contributed by atoms with Crippen LogP contribution < -0.4 is 5.69 Å². The minimum atomic E-state index is -0.313. The molecule has 0 N–H and O–H groups in total. The van der Waals surface area contributed by atoms with Crippen LogP contribution in [0.4, 0.5) is 0 Å². The molecule has 0 spiro atoms. The molecule has 0 aliphatic carbocycles. The van der Waals surface area contributed by atoms with Gasteiger partial charge in [0.2, 0.25) is 0 Å². The van der Waals surface area contributed by atoms with E-state index in [2.05, 4.69) is 0 Å². The monoisotopic (exact) mass is 260 g/mol. The number of methoxy groups -OCH3 is 1. The van der Waals surface area contributed by atoms with Crippen LogP contribution in [0.15, 0.2) is 41.5 Å². The SMILES string of the molecule is COC(=O)C(C)c1ccc(-n2ccn(C)c2=O)cc1. The van der Waals surface area contributed by atoms with Crippen LogP contribution in [0, 0.1) is 0 Å². The molecule has 1 heterocycles. The van der Waals surface area contributed by atoms with E-state index >= 15 is 0 Å². The van der Waals surface area contributed by atoms with Crippen molar-refractivity contribution in [2.75, 3.05) is 7.11 Å². The van der Waals surface area contributed by atoms with Crippen molar-refractivity contribution in [3.05, 3.63) is 52.7 Å². The lowest BCUT2D eigenvalue weighted by Gasteiger charge is -2.10. The van der Waals surface area contributed by atoms with Crippen LogP contribution in [-0.4, -0.2) is 22.2 Å². The van der Waals surface area contributed by atoms with Crippen molar-refractivity contribution in [2.24, 2.45) is 7.05 Å². The van der Waals surface area contributed by atoms with Crippen LogP contribution >= 0.6 is 0 Å². The van der Waals surface area contributed by atoms with Gasteiger partial charge in [-0.15, -0.1) is 0 Å². The number of carbonyl (C=O) groups is 1. The minimum absolute atomic E-state index is 0.103. The third kappa shape index (κ3) is 2.45. The summed E-state index contributed by atoms with van der Waals surface area (Å²) in [6.07, 6.45) is 3.41. The molecule has 1 atom stereocenters. The second-order valence-corrected chi connectivity index (χ2v) is 4.40. The Balaban J connectivity index is 2.31. The second-order valence-electron chi connectivity index (χ2n) is 4.40. The van der Waals surface area contributed by atoms with Gasteiger partial charge >= 0.3 is 11.7 Å². The van der Waals surface area contributed by atoms with Gasteiger partial charge in [-0.3, -0.25) is 9.36 Å². The maximum Gasteiger partial charge on any atom is 0.332 e. The Morgan fingerprint density at radius 1 is 1.21 bits per heavy atom. The molecular formula is C14H16N2O3. The van der Waals surface area contributed by atoms with Crippen molar-refractivity contribution >= 4 is 5.97 Å². The molecule has 0 aliphatic heterocycles. The number of rotatable bonds is 3. The Hall–Kier alpha value is -2.30. The van der Waals surface area contributed by atoms with E-state index in [0.717, 1.165) is 11.3 Å². The molecule has 1 unspecified atom stereocenters.